The zero-order valence-electron chi connectivity index (χ0n) is 12.4. The third kappa shape index (κ3) is 3.31. The molecule has 0 N–H and O–H groups in total. The average Bonchev–Trinajstić information content (AvgIpc) is 2.82. The van der Waals surface area contributed by atoms with E-state index in [1.165, 1.54) is 0 Å². The van der Waals surface area contributed by atoms with Gasteiger partial charge in [-0.05, 0) is 52.0 Å². The molecule has 0 atom stereocenters. The quantitative estimate of drug-likeness (QED) is 0.759. The molecular weight excluding hydrogens is 272 g/mol. The second-order valence-corrected chi connectivity index (χ2v) is 5.85. The fraction of sp³-hybridized carbons (Fsp3) is 0.467. The van der Waals surface area contributed by atoms with E-state index in [0.29, 0.717) is 17.1 Å². The van der Waals surface area contributed by atoms with Gasteiger partial charge in [0.25, 0.3) is 0 Å². The van der Waals surface area contributed by atoms with E-state index in [4.69, 9.17) is 11.6 Å². The van der Waals surface area contributed by atoms with E-state index in [9.17, 15) is 0 Å². The second-order valence-electron chi connectivity index (χ2n) is 5.42. The Morgan fingerprint density at radius 1 is 0.950 bits per heavy atom. The maximum absolute atomic E-state index is 5.87. The van der Waals surface area contributed by atoms with Crippen LogP contribution in [0.4, 0.5) is 5.69 Å². The van der Waals surface area contributed by atoms with Crippen LogP contribution < -0.4 is 0 Å². The van der Waals surface area contributed by atoms with Crippen molar-refractivity contribution < 1.29 is 0 Å². The summed E-state index contributed by atoms with van der Waals surface area (Å²) in [4.78, 5) is 4.39. The summed E-state index contributed by atoms with van der Waals surface area (Å²) >= 11 is 5.87. The van der Waals surface area contributed by atoms with E-state index in [-0.39, 0.29) is 6.29 Å². The van der Waals surface area contributed by atoms with E-state index < -0.39 is 0 Å². The predicted octanol–water partition coefficient (Wildman–Crippen LogP) is 4.61. The summed E-state index contributed by atoms with van der Waals surface area (Å²) in [7, 11) is 0. The van der Waals surface area contributed by atoms with Crippen LogP contribution in [0.5, 0.6) is 0 Å². The Balaban J connectivity index is 2.17. The van der Waals surface area contributed by atoms with Crippen LogP contribution >= 0.6 is 11.6 Å². The summed E-state index contributed by atoms with van der Waals surface area (Å²) in [5, 5.41) is 9.54. The first kappa shape index (κ1) is 14.9. The van der Waals surface area contributed by atoms with E-state index >= 15 is 0 Å². The fourth-order valence-corrected chi connectivity index (χ4v) is 2.21. The lowest BCUT2D eigenvalue weighted by molar-refractivity contribution is 0.107. The molecule has 1 aromatic rings. The van der Waals surface area contributed by atoms with Gasteiger partial charge in [-0.15, -0.1) is 5.11 Å². The smallest absolute Gasteiger partial charge is 0.218 e. The molecule has 5 heteroatoms. The number of halogens is 1. The number of rotatable bonds is 4. The Labute approximate surface area is 125 Å². The van der Waals surface area contributed by atoms with Gasteiger partial charge in [0.05, 0.1) is 5.69 Å². The first-order valence-corrected chi connectivity index (χ1v) is 7.26. The number of hydrogen-bond donors (Lipinski definition) is 0. The molecule has 20 heavy (non-hydrogen) atoms. The fourth-order valence-electron chi connectivity index (χ4n) is 2.08. The van der Waals surface area contributed by atoms with Crippen molar-refractivity contribution in [3.8, 4) is 0 Å². The maximum Gasteiger partial charge on any atom is 0.218 e. The van der Waals surface area contributed by atoms with E-state index in [0.717, 1.165) is 5.69 Å². The summed E-state index contributed by atoms with van der Waals surface area (Å²) in [6, 6.07) is 8.14. The van der Waals surface area contributed by atoms with Gasteiger partial charge in [0.15, 0.2) is 0 Å². The third-order valence-corrected chi connectivity index (χ3v) is 3.49. The van der Waals surface area contributed by atoms with Crippen molar-refractivity contribution in [3.05, 3.63) is 41.7 Å². The average molecular weight is 293 g/mol. The minimum Gasteiger partial charge on any atom is -0.334 e. The Hall–Kier alpha value is -1.55. The molecule has 1 heterocycles. The van der Waals surface area contributed by atoms with Gasteiger partial charge in [0, 0.05) is 29.5 Å². The lowest BCUT2D eigenvalue weighted by atomic mass is 10.3. The maximum atomic E-state index is 5.87. The first-order valence-electron chi connectivity index (χ1n) is 6.88. The van der Waals surface area contributed by atoms with E-state index in [1.54, 1.807) is 0 Å². The van der Waals surface area contributed by atoms with Crippen molar-refractivity contribution in [2.45, 2.75) is 46.1 Å². The highest BCUT2D eigenvalue weighted by molar-refractivity contribution is 6.30. The molecule has 108 valence electrons. The molecule has 0 bridgehead atoms. The van der Waals surface area contributed by atoms with Gasteiger partial charge >= 0.3 is 0 Å². The molecular formula is C15H21ClN4. The van der Waals surface area contributed by atoms with Crippen LogP contribution in [0.15, 0.2) is 46.9 Å². The third-order valence-electron chi connectivity index (χ3n) is 3.24. The molecule has 0 spiro atoms. The highest BCUT2D eigenvalue weighted by Crippen LogP contribution is 2.24. The zero-order chi connectivity index (χ0) is 14.7. The zero-order valence-corrected chi connectivity index (χ0v) is 13.1. The number of azo groups is 1. The summed E-state index contributed by atoms with van der Waals surface area (Å²) in [6.45, 7) is 8.61. The van der Waals surface area contributed by atoms with Gasteiger partial charge in [0.1, 0.15) is 0 Å². The van der Waals surface area contributed by atoms with Crippen molar-refractivity contribution in [2.75, 3.05) is 0 Å². The standard InChI is InChI=1S/C15H21ClN4/c1-11(2)19-9-10-20(12(3)4)15(19)18-17-14-7-5-13(16)6-8-14/h5-12,15H,1-4H3. The van der Waals surface area contributed by atoms with Crippen LogP contribution in [0, 0.1) is 0 Å². The number of benzene rings is 1. The Morgan fingerprint density at radius 2 is 1.45 bits per heavy atom. The molecule has 0 unspecified atom stereocenters. The highest BCUT2D eigenvalue weighted by Gasteiger charge is 2.29. The van der Waals surface area contributed by atoms with Crippen molar-refractivity contribution in [3.63, 3.8) is 0 Å². The minimum absolute atomic E-state index is 0.0781. The number of nitrogens with zero attached hydrogens (tertiary/aromatic N) is 4. The normalized spacial score (nSPS) is 16.4. The topological polar surface area (TPSA) is 31.2 Å². The van der Waals surface area contributed by atoms with Gasteiger partial charge < -0.3 is 9.80 Å². The van der Waals surface area contributed by atoms with Crippen LogP contribution in [0.2, 0.25) is 5.02 Å². The summed E-state index contributed by atoms with van der Waals surface area (Å²) < 4.78 is 0. The van der Waals surface area contributed by atoms with Crippen LogP contribution in [0.3, 0.4) is 0 Å². The minimum atomic E-state index is -0.0781. The van der Waals surface area contributed by atoms with Crippen LogP contribution in [-0.2, 0) is 0 Å². The molecule has 1 aliphatic heterocycles. The molecule has 1 aromatic carbocycles. The molecule has 1 aliphatic rings. The van der Waals surface area contributed by atoms with Crippen molar-refractivity contribution in [2.24, 2.45) is 10.2 Å². The molecule has 2 rings (SSSR count). The summed E-state index contributed by atoms with van der Waals surface area (Å²) in [6.07, 6.45) is 4.08. The first-order chi connectivity index (χ1) is 9.49. The van der Waals surface area contributed by atoms with Crippen LogP contribution in [-0.4, -0.2) is 28.2 Å². The van der Waals surface area contributed by atoms with E-state index in [2.05, 4.69) is 60.1 Å². The van der Waals surface area contributed by atoms with Gasteiger partial charge in [-0.1, -0.05) is 11.6 Å². The largest absolute Gasteiger partial charge is 0.334 e. The van der Waals surface area contributed by atoms with Crippen molar-refractivity contribution in [1.82, 2.24) is 9.80 Å². The molecule has 0 amide bonds. The Kier molecular flexibility index (Phi) is 4.65. The lowest BCUT2D eigenvalue weighted by Gasteiger charge is -2.33. The van der Waals surface area contributed by atoms with Gasteiger partial charge in [-0.3, -0.25) is 0 Å². The predicted molar refractivity (Wildman–Crippen MR) is 82.8 cm³/mol. The van der Waals surface area contributed by atoms with Crippen LogP contribution in [0.25, 0.3) is 0 Å². The van der Waals surface area contributed by atoms with E-state index in [1.807, 2.05) is 24.3 Å². The lowest BCUT2D eigenvalue weighted by Crippen LogP contribution is -2.43. The summed E-state index contributed by atoms with van der Waals surface area (Å²) in [5.41, 5.74) is 0.814. The SMILES string of the molecule is CC(C)N1C=CN(C(C)C)C1N=Nc1ccc(Cl)cc1. The Morgan fingerprint density at radius 3 is 1.90 bits per heavy atom. The molecule has 0 radical (unpaired) electrons. The van der Waals surface area contributed by atoms with Gasteiger partial charge in [-0.25, -0.2) is 0 Å². The molecule has 0 aliphatic carbocycles. The molecule has 4 nitrogen and oxygen atoms in total. The molecule has 0 fully saturated rings. The van der Waals surface area contributed by atoms with Crippen molar-refractivity contribution in [1.29, 1.82) is 0 Å². The molecule has 0 saturated carbocycles. The van der Waals surface area contributed by atoms with Gasteiger partial charge in [-0.2, -0.15) is 5.11 Å². The second kappa shape index (κ2) is 6.27. The Bertz CT molecular complexity index is 475. The monoisotopic (exact) mass is 292 g/mol. The molecule has 0 saturated heterocycles. The van der Waals surface area contributed by atoms with Gasteiger partial charge in [0.2, 0.25) is 6.29 Å². The van der Waals surface area contributed by atoms with Crippen LogP contribution in [0.1, 0.15) is 27.7 Å². The highest BCUT2D eigenvalue weighted by atomic mass is 35.5. The van der Waals surface area contributed by atoms with Crippen molar-refractivity contribution >= 4 is 17.3 Å². The number of hydrogen-bond acceptors (Lipinski definition) is 4. The summed E-state index contributed by atoms with van der Waals surface area (Å²) in [5.74, 6) is 0. The molecule has 0 aromatic heterocycles.